The number of carbonyl (C=O) groups is 4. The van der Waals surface area contributed by atoms with Crippen molar-refractivity contribution >= 4 is 23.3 Å². The first-order chi connectivity index (χ1) is 12.8. The van der Waals surface area contributed by atoms with Crippen LogP contribution in [0.4, 0.5) is 0 Å². The van der Waals surface area contributed by atoms with Crippen molar-refractivity contribution in [1.29, 1.82) is 0 Å². The third kappa shape index (κ3) is 2.11. The number of fused-ring (bicyclic) bond motifs is 5. The Labute approximate surface area is 158 Å². The lowest BCUT2D eigenvalue weighted by atomic mass is 9.43. The minimum Gasteiger partial charge on any atom is -0.461 e. The predicted octanol–water partition coefficient (Wildman–Crippen LogP) is 2.52. The zero-order chi connectivity index (χ0) is 19.1. The largest absolute Gasteiger partial charge is 0.461 e. The molecule has 6 rings (SSSR count). The van der Waals surface area contributed by atoms with Crippen LogP contribution in [0, 0.1) is 46.8 Å². The molecule has 144 valence electrons. The van der Waals surface area contributed by atoms with Gasteiger partial charge >= 0.3 is 5.97 Å². The summed E-state index contributed by atoms with van der Waals surface area (Å²) in [7, 11) is 0. The fourth-order valence-corrected chi connectivity index (χ4v) is 7.38. The molecule has 0 radical (unpaired) electrons. The van der Waals surface area contributed by atoms with E-state index in [1.54, 1.807) is 0 Å². The highest BCUT2D eigenvalue weighted by Crippen LogP contribution is 2.64. The minimum absolute atomic E-state index is 0.00125. The molecule has 3 saturated carbocycles. The minimum atomic E-state index is -1.16. The zero-order valence-corrected chi connectivity index (χ0v) is 15.9. The topological polar surface area (TPSA) is 77.5 Å². The summed E-state index contributed by atoms with van der Waals surface area (Å²) in [4.78, 5) is 51.1. The molecule has 6 aliphatic rings. The van der Waals surface area contributed by atoms with Gasteiger partial charge in [0.15, 0.2) is 5.78 Å². The van der Waals surface area contributed by atoms with E-state index in [2.05, 4.69) is 12.2 Å². The van der Waals surface area contributed by atoms with Gasteiger partial charge in [-0.25, -0.2) is 0 Å². The van der Waals surface area contributed by atoms with Gasteiger partial charge in [-0.05, 0) is 55.8 Å². The molecule has 1 spiro atoms. The summed E-state index contributed by atoms with van der Waals surface area (Å²) in [6.07, 6.45) is 6.75. The van der Waals surface area contributed by atoms with Crippen molar-refractivity contribution in [2.24, 2.45) is 46.8 Å². The fraction of sp³-hybridized carbons (Fsp3) is 0.727. The molecule has 2 heterocycles. The zero-order valence-electron chi connectivity index (χ0n) is 15.9. The van der Waals surface area contributed by atoms with Crippen LogP contribution in [0.1, 0.15) is 46.0 Å². The molecule has 27 heavy (non-hydrogen) atoms. The highest BCUT2D eigenvalue weighted by Gasteiger charge is 2.70. The normalized spacial score (nSPS) is 50.1. The molecule has 0 amide bonds. The number of hydrogen-bond donors (Lipinski definition) is 0. The van der Waals surface area contributed by atoms with Gasteiger partial charge in [0.2, 0.25) is 0 Å². The van der Waals surface area contributed by atoms with Crippen molar-refractivity contribution in [2.75, 3.05) is 0 Å². The summed E-state index contributed by atoms with van der Waals surface area (Å²) in [6.45, 7) is 3.51. The first kappa shape index (κ1) is 17.3. The lowest BCUT2D eigenvalue weighted by Gasteiger charge is -2.60. The van der Waals surface area contributed by atoms with E-state index in [4.69, 9.17) is 4.74 Å². The van der Waals surface area contributed by atoms with Crippen LogP contribution < -0.4 is 0 Å². The number of carbonyl (C=O) groups excluding carboxylic acids is 4. The van der Waals surface area contributed by atoms with Crippen LogP contribution in [-0.2, 0) is 23.9 Å². The first-order valence-corrected chi connectivity index (χ1v) is 10.3. The number of Topliss-reactive ketones (excluding diaryl/α,β-unsaturated/α-hetero) is 3. The molecule has 5 fully saturated rings. The van der Waals surface area contributed by atoms with Gasteiger partial charge in [-0.3, -0.25) is 14.4 Å². The van der Waals surface area contributed by atoms with Gasteiger partial charge < -0.3 is 9.53 Å². The Hall–Kier alpha value is -1.78. The molecule has 9 atom stereocenters. The number of ketones is 3. The maximum Gasteiger partial charge on any atom is 0.320 e. The lowest BCUT2D eigenvalue weighted by molar-refractivity contribution is -0.213. The van der Waals surface area contributed by atoms with Crippen molar-refractivity contribution in [3.63, 3.8) is 0 Å². The van der Waals surface area contributed by atoms with Crippen molar-refractivity contribution in [3.8, 4) is 0 Å². The molecule has 5 heteroatoms. The van der Waals surface area contributed by atoms with Gasteiger partial charge in [-0.1, -0.05) is 19.1 Å². The molecule has 3 unspecified atom stereocenters. The number of ether oxygens (including phenoxy) is 1. The maximum absolute atomic E-state index is 13.2. The Morgan fingerprint density at radius 3 is 2.67 bits per heavy atom. The van der Waals surface area contributed by atoms with Gasteiger partial charge in [0.25, 0.3) is 0 Å². The number of rotatable bonds is 2. The third-order valence-electron chi connectivity index (χ3n) is 8.25. The molecule has 5 nitrogen and oxygen atoms in total. The van der Waals surface area contributed by atoms with Crippen molar-refractivity contribution < 1.29 is 23.9 Å². The first-order valence-electron chi connectivity index (χ1n) is 10.3. The van der Waals surface area contributed by atoms with E-state index in [1.807, 2.05) is 6.92 Å². The van der Waals surface area contributed by atoms with Crippen LogP contribution in [0.3, 0.4) is 0 Å². The molecule has 0 aromatic rings. The lowest BCUT2D eigenvalue weighted by Crippen LogP contribution is -2.67. The van der Waals surface area contributed by atoms with Gasteiger partial charge in [0.1, 0.15) is 23.1 Å². The Kier molecular flexibility index (Phi) is 3.60. The Bertz CT molecular complexity index is 762. The molecule has 2 bridgehead atoms. The molecule has 0 aromatic carbocycles. The van der Waals surface area contributed by atoms with E-state index >= 15 is 0 Å². The van der Waals surface area contributed by atoms with E-state index < -0.39 is 11.4 Å². The van der Waals surface area contributed by atoms with Crippen LogP contribution in [0.25, 0.3) is 0 Å². The predicted molar refractivity (Wildman–Crippen MR) is 95.3 cm³/mol. The quantitative estimate of drug-likeness (QED) is 0.424. The van der Waals surface area contributed by atoms with Gasteiger partial charge in [-0.2, -0.15) is 0 Å². The average Bonchev–Trinajstić information content (AvgIpc) is 2.88. The van der Waals surface area contributed by atoms with Crippen LogP contribution in [0.15, 0.2) is 12.2 Å². The summed E-state index contributed by atoms with van der Waals surface area (Å²) >= 11 is 0. The standard InChI is InChI=1S/C22H26O5/c1-10-5-16-15(20(10)25)4-3-12-7-13-8-14-9-18(24)22(13,21(26)27-14)17(19(12)16)6-11(2)23/h3-4,10,12-17,19H,5-9H2,1-2H3/t10-,12-,13?,14?,15+,16+,17+,19+,22?/m0/s1. The van der Waals surface area contributed by atoms with Gasteiger partial charge in [0, 0.05) is 24.7 Å². The molecule has 0 N–H and O–H groups in total. The Morgan fingerprint density at radius 2 is 1.96 bits per heavy atom. The van der Waals surface area contributed by atoms with Crippen molar-refractivity contribution in [2.45, 2.75) is 52.1 Å². The average molecular weight is 370 g/mol. The highest BCUT2D eigenvalue weighted by atomic mass is 16.5. The second-order valence-electron chi connectivity index (χ2n) is 9.56. The monoisotopic (exact) mass is 370 g/mol. The third-order valence-corrected chi connectivity index (χ3v) is 8.25. The molecule has 4 aliphatic carbocycles. The van der Waals surface area contributed by atoms with Crippen molar-refractivity contribution in [1.82, 2.24) is 0 Å². The number of allylic oxidation sites excluding steroid dienone is 2. The van der Waals surface area contributed by atoms with Crippen LogP contribution in [-0.4, -0.2) is 29.4 Å². The van der Waals surface area contributed by atoms with Gasteiger partial charge in [0.05, 0.1) is 0 Å². The number of esters is 1. The number of hydrogen-bond acceptors (Lipinski definition) is 5. The van der Waals surface area contributed by atoms with E-state index in [0.717, 1.165) is 19.3 Å². The Morgan fingerprint density at radius 1 is 1.19 bits per heavy atom. The van der Waals surface area contributed by atoms with E-state index in [9.17, 15) is 19.2 Å². The summed E-state index contributed by atoms with van der Waals surface area (Å²) in [5.74, 6) is -0.256. The SMILES string of the molecule is CC(=O)C[C@@H]1[C@H]2[C@@H]3C[C@H](C)C(=O)[C@@H]3C=C[C@H]2CC2CC3CC(=O)C21C(=O)O3. The smallest absolute Gasteiger partial charge is 0.320 e. The summed E-state index contributed by atoms with van der Waals surface area (Å²) in [6, 6.07) is 0. The fourth-order valence-electron chi connectivity index (χ4n) is 7.38. The Balaban J connectivity index is 1.65. The van der Waals surface area contributed by atoms with Crippen LogP contribution in [0.2, 0.25) is 0 Å². The van der Waals surface area contributed by atoms with E-state index in [0.29, 0.717) is 0 Å². The molecule has 2 aliphatic heterocycles. The molecule has 2 saturated heterocycles. The molecular formula is C22H26O5. The van der Waals surface area contributed by atoms with Gasteiger partial charge in [-0.15, -0.1) is 0 Å². The van der Waals surface area contributed by atoms with E-state index in [-0.39, 0.29) is 77.7 Å². The van der Waals surface area contributed by atoms with Crippen molar-refractivity contribution in [3.05, 3.63) is 12.2 Å². The second-order valence-corrected chi connectivity index (χ2v) is 9.56. The summed E-state index contributed by atoms with van der Waals surface area (Å²) < 4.78 is 5.61. The molecular weight excluding hydrogens is 344 g/mol. The molecule has 0 aromatic heterocycles. The summed E-state index contributed by atoms with van der Waals surface area (Å²) in [5, 5.41) is 0. The van der Waals surface area contributed by atoms with Crippen LogP contribution >= 0.6 is 0 Å². The van der Waals surface area contributed by atoms with Crippen LogP contribution in [0.5, 0.6) is 0 Å². The second kappa shape index (κ2) is 5.62. The summed E-state index contributed by atoms with van der Waals surface area (Å²) in [5.41, 5.74) is -1.16. The maximum atomic E-state index is 13.2. The van der Waals surface area contributed by atoms with E-state index in [1.165, 1.54) is 6.92 Å². The highest BCUT2D eigenvalue weighted by molar-refractivity contribution is 6.08.